The molecule has 0 atom stereocenters. The molecule has 0 amide bonds. The van der Waals surface area contributed by atoms with Gasteiger partial charge in [0.2, 0.25) is 0 Å². The van der Waals surface area contributed by atoms with Crippen LogP contribution in [-0.2, 0) is 15.7 Å². The molecule has 0 N–H and O–H groups in total. The molecule has 0 bridgehead atoms. The number of fused-ring (bicyclic) bond motifs is 1. The zero-order valence-corrected chi connectivity index (χ0v) is 21.6. The smallest absolute Gasteiger partial charge is 0.345 e. The van der Waals surface area contributed by atoms with Gasteiger partial charge in [-0.1, -0.05) is 56.1 Å². The van der Waals surface area contributed by atoms with E-state index in [1.165, 1.54) is 0 Å². The van der Waals surface area contributed by atoms with Crippen molar-refractivity contribution in [2.24, 2.45) is 0 Å². The summed E-state index contributed by atoms with van der Waals surface area (Å²) in [6.07, 6.45) is 0. The van der Waals surface area contributed by atoms with Crippen molar-refractivity contribution in [1.82, 2.24) is 9.34 Å². The van der Waals surface area contributed by atoms with E-state index >= 15 is 0 Å². The van der Waals surface area contributed by atoms with E-state index in [0.717, 1.165) is 33.4 Å². The standard InChI is InChI=1S/C20H29Br2N2O4P/c1-15-18(14-28-29(25,23(2)12-10-21)24(3)13-11-22)20(27-5)17-9-7-6-8-16(17)19(15)26-4/h6-9H,10-14H2,1-5H3. The molecule has 0 saturated heterocycles. The van der Waals surface area contributed by atoms with Crippen LogP contribution < -0.4 is 9.47 Å². The summed E-state index contributed by atoms with van der Waals surface area (Å²) in [6.45, 7) is 3.32. The first kappa shape index (κ1) is 24.6. The van der Waals surface area contributed by atoms with E-state index in [2.05, 4.69) is 31.9 Å². The molecule has 0 aliphatic carbocycles. The van der Waals surface area contributed by atoms with Crippen LogP contribution >= 0.6 is 39.5 Å². The van der Waals surface area contributed by atoms with Crippen LogP contribution in [0.4, 0.5) is 0 Å². The van der Waals surface area contributed by atoms with Gasteiger partial charge in [-0.05, 0) is 21.0 Å². The number of benzene rings is 2. The van der Waals surface area contributed by atoms with Gasteiger partial charge in [-0.2, -0.15) is 0 Å². The quantitative estimate of drug-likeness (QED) is 0.274. The molecule has 2 aromatic rings. The molecule has 0 saturated carbocycles. The van der Waals surface area contributed by atoms with Crippen LogP contribution in [0.2, 0.25) is 0 Å². The molecular formula is C20H29Br2N2O4P. The van der Waals surface area contributed by atoms with E-state index in [9.17, 15) is 4.57 Å². The Morgan fingerprint density at radius 3 is 1.86 bits per heavy atom. The third kappa shape index (κ3) is 5.17. The number of rotatable bonds is 11. The highest BCUT2D eigenvalue weighted by Gasteiger charge is 2.34. The van der Waals surface area contributed by atoms with E-state index in [4.69, 9.17) is 14.0 Å². The van der Waals surface area contributed by atoms with Crippen molar-refractivity contribution in [2.45, 2.75) is 13.5 Å². The van der Waals surface area contributed by atoms with Gasteiger partial charge >= 0.3 is 7.67 Å². The van der Waals surface area contributed by atoms with Crippen LogP contribution in [0.3, 0.4) is 0 Å². The molecule has 0 fully saturated rings. The Balaban J connectivity index is 2.51. The fourth-order valence-corrected chi connectivity index (χ4v) is 6.86. The Kier molecular flexibility index (Phi) is 9.45. The maximum Gasteiger partial charge on any atom is 0.345 e. The van der Waals surface area contributed by atoms with E-state index in [-0.39, 0.29) is 6.61 Å². The molecule has 0 aliphatic heterocycles. The van der Waals surface area contributed by atoms with Crippen LogP contribution in [0.25, 0.3) is 10.8 Å². The zero-order chi connectivity index (χ0) is 21.6. The molecule has 0 spiro atoms. The Bertz CT molecular complexity index is 865. The van der Waals surface area contributed by atoms with Crippen molar-refractivity contribution >= 4 is 50.3 Å². The lowest BCUT2D eigenvalue weighted by Gasteiger charge is -2.34. The number of hydrogen-bond donors (Lipinski definition) is 0. The summed E-state index contributed by atoms with van der Waals surface area (Å²) in [4.78, 5) is 0. The van der Waals surface area contributed by atoms with Gasteiger partial charge in [-0.3, -0.25) is 4.57 Å². The van der Waals surface area contributed by atoms with E-state index in [1.807, 2.05) is 45.3 Å². The van der Waals surface area contributed by atoms with Crippen LogP contribution in [0.5, 0.6) is 11.5 Å². The normalized spacial score (nSPS) is 12.2. The van der Waals surface area contributed by atoms with E-state index in [1.54, 1.807) is 23.6 Å². The molecule has 29 heavy (non-hydrogen) atoms. The van der Waals surface area contributed by atoms with Gasteiger partial charge in [0.25, 0.3) is 0 Å². The largest absolute Gasteiger partial charge is 0.496 e. The Morgan fingerprint density at radius 2 is 1.41 bits per heavy atom. The number of nitrogens with zero attached hydrogens (tertiary/aromatic N) is 2. The topological polar surface area (TPSA) is 51.2 Å². The van der Waals surface area contributed by atoms with Crippen molar-refractivity contribution in [3.8, 4) is 11.5 Å². The average molecular weight is 552 g/mol. The molecular weight excluding hydrogens is 523 g/mol. The summed E-state index contributed by atoms with van der Waals surface area (Å²) >= 11 is 6.85. The summed E-state index contributed by atoms with van der Waals surface area (Å²) in [5.74, 6) is 1.49. The van der Waals surface area contributed by atoms with E-state index < -0.39 is 7.67 Å². The SMILES string of the molecule is COc1c(C)c(COP(=O)(N(C)CCBr)N(C)CCBr)c(OC)c2ccccc12. The highest BCUT2D eigenvalue weighted by atomic mass is 79.9. The third-order valence-corrected chi connectivity index (χ3v) is 8.25. The van der Waals surface area contributed by atoms with Crippen LogP contribution in [0.15, 0.2) is 24.3 Å². The van der Waals surface area contributed by atoms with Crippen molar-refractivity contribution in [2.75, 3.05) is 52.1 Å². The summed E-state index contributed by atoms with van der Waals surface area (Å²) in [5.41, 5.74) is 1.75. The molecule has 0 aliphatic rings. The molecule has 162 valence electrons. The Morgan fingerprint density at radius 1 is 0.931 bits per heavy atom. The number of methoxy groups -OCH3 is 2. The number of ether oxygens (including phenoxy) is 2. The first-order valence-corrected chi connectivity index (χ1v) is 13.0. The van der Waals surface area contributed by atoms with Crippen molar-refractivity contribution < 1.29 is 18.6 Å². The monoisotopic (exact) mass is 550 g/mol. The Labute approximate surface area is 190 Å². The van der Waals surface area contributed by atoms with Crippen LogP contribution in [0, 0.1) is 6.92 Å². The maximum atomic E-state index is 13.8. The number of alkyl halides is 2. The predicted molar refractivity (Wildman–Crippen MR) is 127 cm³/mol. The molecule has 0 radical (unpaired) electrons. The molecule has 6 nitrogen and oxygen atoms in total. The highest BCUT2D eigenvalue weighted by Crippen LogP contribution is 2.54. The summed E-state index contributed by atoms with van der Waals surface area (Å²) < 4.78 is 34.9. The summed E-state index contributed by atoms with van der Waals surface area (Å²) in [7, 11) is 3.71. The maximum absolute atomic E-state index is 13.8. The lowest BCUT2D eigenvalue weighted by molar-refractivity contribution is 0.220. The van der Waals surface area contributed by atoms with Crippen molar-refractivity contribution in [3.05, 3.63) is 35.4 Å². The predicted octanol–water partition coefficient (Wildman–Crippen LogP) is 5.44. The molecule has 9 heteroatoms. The highest BCUT2D eigenvalue weighted by molar-refractivity contribution is 9.09. The first-order chi connectivity index (χ1) is 13.8. The fraction of sp³-hybridized carbons (Fsp3) is 0.500. The summed E-state index contributed by atoms with van der Waals surface area (Å²) in [5, 5.41) is 3.31. The van der Waals surface area contributed by atoms with Crippen molar-refractivity contribution in [1.29, 1.82) is 0 Å². The lowest BCUT2D eigenvalue weighted by atomic mass is 9.99. The van der Waals surface area contributed by atoms with Gasteiger partial charge in [0, 0.05) is 45.6 Å². The van der Waals surface area contributed by atoms with Gasteiger partial charge < -0.3 is 14.0 Å². The molecule has 0 unspecified atom stereocenters. The molecule has 2 aromatic carbocycles. The zero-order valence-electron chi connectivity index (χ0n) is 17.6. The lowest BCUT2D eigenvalue weighted by Crippen LogP contribution is -2.30. The van der Waals surface area contributed by atoms with Gasteiger partial charge in [0.15, 0.2) is 0 Å². The van der Waals surface area contributed by atoms with Gasteiger partial charge in [-0.25, -0.2) is 9.34 Å². The second-order valence-corrected chi connectivity index (χ2v) is 10.8. The van der Waals surface area contributed by atoms with Gasteiger partial charge in [0.1, 0.15) is 11.5 Å². The van der Waals surface area contributed by atoms with Crippen molar-refractivity contribution in [3.63, 3.8) is 0 Å². The van der Waals surface area contributed by atoms with Crippen LogP contribution in [-0.4, -0.2) is 61.4 Å². The van der Waals surface area contributed by atoms with Gasteiger partial charge in [0.05, 0.1) is 20.8 Å². The van der Waals surface area contributed by atoms with E-state index in [0.29, 0.717) is 23.7 Å². The third-order valence-electron chi connectivity index (χ3n) is 4.95. The molecule has 2 rings (SSSR count). The summed E-state index contributed by atoms with van der Waals surface area (Å²) in [6, 6.07) is 7.93. The second kappa shape index (κ2) is 11.1. The minimum absolute atomic E-state index is 0.146. The first-order valence-electron chi connectivity index (χ1n) is 9.27. The van der Waals surface area contributed by atoms with Gasteiger partial charge in [-0.15, -0.1) is 0 Å². The molecule has 0 heterocycles. The number of halogens is 2. The van der Waals surface area contributed by atoms with Crippen LogP contribution in [0.1, 0.15) is 11.1 Å². The number of hydrogen-bond acceptors (Lipinski definition) is 4. The average Bonchev–Trinajstić information content (AvgIpc) is 2.72. The fourth-order valence-electron chi connectivity index (χ4n) is 3.32. The minimum atomic E-state index is -3.22. The Hall–Kier alpha value is -0.630. The second-order valence-electron chi connectivity index (χ2n) is 6.62. The minimum Gasteiger partial charge on any atom is -0.496 e. The molecule has 0 aromatic heterocycles.